The van der Waals surface area contributed by atoms with Crippen molar-refractivity contribution in [1.82, 2.24) is 4.57 Å². The fraction of sp³-hybridized carbons (Fsp3) is 0.0612. The first-order chi connectivity index (χ1) is 25.1. The highest BCUT2D eigenvalue weighted by Gasteiger charge is 2.36. The van der Waals surface area contributed by atoms with E-state index in [0.29, 0.717) is 0 Å². The van der Waals surface area contributed by atoms with Gasteiger partial charge in [0.2, 0.25) is 0 Å². The van der Waals surface area contributed by atoms with Crippen LogP contribution in [0.2, 0.25) is 0 Å². The number of nitrogens with zero attached hydrogens (tertiary/aromatic N) is 2. The normalized spacial score (nSPS) is 13.1. The Bertz CT molecular complexity index is 2770. The molecule has 0 unspecified atom stereocenters. The summed E-state index contributed by atoms with van der Waals surface area (Å²) in [4.78, 5) is 2.49. The highest BCUT2D eigenvalue weighted by Crippen LogP contribution is 2.52. The Morgan fingerprint density at radius 1 is 0.471 bits per heavy atom. The van der Waals surface area contributed by atoms with E-state index in [9.17, 15) is 0 Å². The molecule has 2 heteroatoms. The van der Waals surface area contributed by atoms with Gasteiger partial charge < -0.3 is 9.47 Å². The lowest BCUT2D eigenvalue weighted by atomic mass is 9.82. The van der Waals surface area contributed by atoms with E-state index in [1.54, 1.807) is 0 Å². The molecule has 1 aliphatic rings. The van der Waals surface area contributed by atoms with E-state index in [2.05, 4.69) is 205 Å². The molecule has 0 saturated heterocycles. The predicted molar refractivity (Wildman–Crippen MR) is 216 cm³/mol. The highest BCUT2D eigenvalue weighted by atomic mass is 15.1. The quantitative estimate of drug-likeness (QED) is 0.180. The molecule has 1 heterocycles. The van der Waals surface area contributed by atoms with E-state index in [1.165, 1.54) is 66.0 Å². The lowest BCUT2D eigenvalue weighted by Gasteiger charge is -2.30. The predicted octanol–water partition coefficient (Wildman–Crippen LogP) is 13.4. The van der Waals surface area contributed by atoms with Crippen LogP contribution < -0.4 is 4.90 Å². The number of para-hydroxylation sites is 2. The van der Waals surface area contributed by atoms with Crippen molar-refractivity contribution < 1.29 is 0 Å². The van der Waals surface area contributed by atoms with Crippen LogP contribution in [-0.4, -0.2) is 4.57 Å². The van der Waals surface area contributed by atoms with E-state index >= 15 is 0 Å². The Hall–Kier alpha value is -6.38. The Balaban J connectivity index is 1.31. The number of hydrogen-bond donors (Lipinski definition) is 0. The Labute approximate surface area is 298 Å². The van der Waals surface area contributed by atoms with Crippen LogP contribution in [-0.2, 0) is 5.41 Å². The van der Waals surface area contributed by atoms with Crippen molar-refractivity contribution in [3.63, 3.8) is 0 Å². The molecule has 1 aliphatic carbocycles. The summed E-state index contributed by atoms with van der Waals surface area (Å²) < 4.78 is 2.41. The van der Waals surface area contributed by atoms with Crippen molar-refractivity contribution in [2.75, 3.05) is 4.90 Å². The molecule has 242 valence electrons. The third-order valence-corrected chi connectivity index (χ3v) is 11.0. The van der Waals surface area contributed by atoms with Gasteiger partial charge in [-0.05, 0) is 93.2 Å². The SMILES string of the molecule is CC1(C)c2ccccc2-c2ccc(N(c3ccc4ccccc4c3)c3ccc4c(c3-c3ccccc3)c3ccccc3n4-c3ccccc3)cc21. The summed E-state index contributed by atoms with van der Waals surface area (Å²) >= 11 is 0. The Morgan fingerprint density at radius 3 is 1.96 bits per heavy atom. The fourth-order valence-corrected chi connectivity index (χ4v) is 8.56. The standard InChI is InChI=1S/C49H36N2/c1-49(2)42-23-13-11-21-39(42)40-28-27-38(32-43(40)49)50(37-26-25-33-15-9-10-18-35(33)31-37)45-29-30-46-48(47(45)34-16-5-3-6-17-34)41-22-12-14-24-44(41)51(46)36-19-7-4-8-20-36/h3-32H,1-2H3. The molecule has 0 fully saturated rings. The van der Waals surface area contributed by atoms with Crippen molar-refractivity contribution in [3.05, 3.63) is 193 Å². The first-order valence-electron chi connectivity index (χ1n) is 17.8. The zero-order valence-corrected chi connectivity index (χ0v) is 28.7. The van der Waals surface area contributed by atoms with Gasteiger partial charge in [-0.2, -0.15) is 0 Å². The van der Waals surface area contributed by atoms with Crippen molar-refractivity contribution >= 4 is 49.6 Å². The van der Waals surface area contributed by atoms with Gasteiger partial charge >= 0.3 is 0 Å². The molecule has 1 aromatic heterocycles. The molecule has 9 aromatic rings. The molecular weight excluding hydrogens is 617 g/mol. The zero-order chi connectivity index (χ0) is 34.1. The van der Waals surface area contributed by atoms with Crippen LogP contribution in [0.1, 0.15) is 25.0 Å². The van der Waals surface area contributed by atoms with Crippen LogP contribution in [0.15, 0.2) is 182 Å². The summed E-state index contributed by atoms with van der Waals surface area (Å²) in [5.41, 5.74) is 14.6. The maximum absolute atomic E-state index is 2.49. The molecule has 0 N–H and O–H groups in total. The van der Waals surface area contributed by atoms with Gasteiger partial charge in [0.15, 0.2) is 0 Å². The van der Waals surface area contributed by atoms with E-state index < -0.39 is 0 Å². The smallest absolute Gasteiger partial charge is 0.0548 e. The molecule has 2 nitrogen and oxygen atoms in total. The second kappa shape index (κ2) is 11.3. The first-order valence-corrected chi connectivity index (χ1v) is 17.8. The average Bonchev–Trinajstić information content (AvgIpc) is 3.64. The summed E-state index contributed by atoms with van der Waals surface area (Å²) in [5, 5.41) is 4.94. The van der Waals surface area contributed by atoms with E-state index in [1.807, 2.05) is 0 Å². The van der Waals surface area contributed by atoms with Gasteiger partial charge in [0.1, 0.15) is 0 Å². The second-order valence-corrected chi connectivity index (χ2v) is 14.2. The second-order valence-electron chi connectivity index (χ2n) is 14.2. The zero-order valence-electron chi connectivity index (χ0n) is 28.7. The molecule has 0 saturated carbocycles. The Morgan fingerprint density at radius 2 is 1.12 bits per heavy atom. The van der Waals surface area contributed by atoms with Crippen molar-refractivity contribution in [3.8, 4) is 27.9 Å². The summed E-state index contributed by atoms with van der Waals surface area (Å²) in [6, 6.07) is 66.7. The van der Waals surface area contributed by atoms with Crippen LogP contribution >= 0.6 is 0 Å². The summed E-state index contributed by atoms with van der Waals surface area (Å²) in [5.74, 6) is 0. The molecule has 8 aromatic carbocycles. The number of fused-ring (bicyclic) bond motifs is 7. The summed E-state index contributed by atoms with van der Waals surface area (Å²) in [6.45, 7) is 4.73. The van der Waals surface area contributed by atoms with Gasteiger partial charge in [0.25, 0.3) is 0 Å². The van der Waals surface area contributed by atoms with Gasteiger partial charge in [-0.3, -0.25) is 0 Å². The number of rotatable bonds is 5. The molecule has 10 rings (SSSR count). The Kier molecular flexibility index (Phi) is 6.56. The van der Waals surface area contributed by atoms with E-state index in [-0.39, 0.29) is 5.41 Å². The lowest BCUT2D eigenvalue weighted by Crippen LogP contribution is -2.17. The minimum absolute atomic E-state index is 0.119. The minimum Gasteiger partial charge on any atom is -0.310 e. The fourth-order valence-electron chi connectivity index (χ4n) is 8.56. The van der Waals surface area contributed by atoms with Crippen molar-refractivity contribution in [2.24, 2.45) is 0 Å². The number of hydrogen-bond acceptors (Lipinski definition) is 1. The summed E-state index contributed by atoms with van der Waals surface area (Å²) in [6.07, 6.45) is 0. The first kappa shape index (κ1) is 29.5. The number of benzene rings is 8. The van der Waals surface area contributed by atoms with Gasteiger partial charge in [0.05, 0.1) is 16.7 Å². The topological polar surface area (TPSA) is 8.17 Å². The molecule has 51 heavy (non-hydrogen) atoms. The summed E-state index contributed by atoms with van der Waals surface area (Å²) in [7, 11) is 0. The third kappa shape index (κ3) is 4.50. The largest absolute Gasteiger partial charge is 0.310 e. The van der Waals surface area contributed by atoms with Crippen LogP contribution in [0.5, 0.6) is 0 Å². The molecule has 0 bridgehead atoms. The molecule has 0 aliphatic heterocycles. The molecule has 0 atom stereocenters. The highest BCUT2D eigenvalue weighted by molar-refractivity contribution is 6.19. The van der Waals surface area contributed by atoms with Gasteiger partial charge in [-0.15, -0.1) is 0 Å². The molecule has 0 radical (unpaired) electrons. The van der Waals surface area contributed by atoms with Crippen LogP contribution in [0.3, 0.4) is 0 Å². The molecule has 0 spiro atoms. The maximum Gasteiger partial charge on any atom is 0.0548 e. The maximum atomic E-state index is 2.49. The van der Waals surface area contributed by atoms with Crippen molar-refractivity contribution in [1.29, 1.82) is 0 Å². The van der Waals surface area contributed by atoms with Crippen molar-refractivity contribution in [2.45, 2.75) is 19.3 Å². The van der Waals surface area contributed by atoms with E-state index in [4.69, 9.17) is 0 Å². The van der Waals surface area contributed by atoms with Gasteiger partial charge in [0, 0.05) is 38.8 Å². The minimum atomic E-state index is -0.119. The number of anilines is 3. The number of aromatic nitrogens is 1. The van der Waals surface area contributed by atoms with Gasteiger partial charge in [-0.1, -0.05) is 141 Å². The molecule has 0 amide bonds. The monoisotopic (exact) mass is 652 g/mol. The van der Waals surface area contributed by atoms with Crippen LogP contribution in [0, 0.1) is 0 Å². The van der Waals surface area contributed by atoms with Crippen LogP contribution in [0.25, 0.3) is 60.5 Å². The van der Waals surface area contributed by atoms with Crippen LogP contribution in [0.4, 0.5) is 17.1 Å². The van der Waals surface area contributed by atoms with E-state index in [0.717, 1.165) is 22.7 Å². The molecular formula is C49H36N2. The van der Waals surface area contributed by atoms with Gasteiger partial charge in [-0.25, -0.2) is 0 Å². The third-order valence-electron chi connectivity index (χ3n) is 11.0. The average molecular weight is 653 g/mol. The lowest BCUT2D eigenvalue weighted by molar-refractivity contribution is 0.660.